The zero-order valence-electron chi connectivity index (χ0n) is 8.75. The van der Waals surface area contributed by atoms with Gasteiger partial charge in [-0.2, -0.15) is 0 Å². The molecule has 0 radical (unpaired) electrons. The molecule has 1 heterocycles. The maximum atomic E-state index is 13.5. The second kappa shape index (κ2) is 5.24. The van der Waals surface area contributed by atoms with Crippen molar-refractivity contribution in [2.24, 2.45) is 0 Å². The molecular weight excluding hydrogens is 294 g/mol. The lowest BCUT2D eigenvalue weighted by molar-refractivity contribution is -0.104. The average Bonchev–Trinajstić information content (AvgIpc) is 2.26. The molecule has 0 unspecified atom stereocenters. The Hall–Kier alpha value is -1.14. The molecule has 1 amide bonds. The monoisotopic (exact) mass is 301 g/mol. The molecule has 100 valence electrons. The minimum Gasteiger partial charge on any atom is -0.443 e. The minimum absolute atomic E-state index is 0. The molecule has 1 atom stereocenters. The van der Waals surface area contributed by atoms with Gasteiger partial charge in [0.2, 0.25) is 0 Å². The maximum absolute atomic E-state index is 13.5. The van der Waals surface area contributed by atoms with Crippen LogP contribution in [-0.4, -0.2) is 18.6 Å². The molecule has 1 aliphatic rings. The average molecular weight is 302 g/mol. The van der Waals surface area contributed by atoms with Gasteiger partial charge in [0, 0.05) is 5.56 Å². The number of carbonyl (C=O) groups excluding carboxylic acids is 1. The van der Waals surface area contributed by atoms with Crippen molar-refractivity contribution in [2.45, 2.75) is 12.0 Å². The fourth-order valence-electron chi connectivity index (χ4n) is 1.56. The van der Waals surface area contributed by atoms with Crippen molar-refractivity contribution < 1.29 is 22.7 Å². The summed E-state index contributed by atoms with van der Waals surface area (Å²) >= 11 is 5.60. The topological polar surface area (TPSA) is 38.3 Å². The summed E-state index contributed by atoms with van der Waals surface area (Å²) in [5.41, 5.74) is -0.173. The van der Waals surface area contributed by atoms with Crippen LogP contribution in [0.25, 0.3) is 0 Å². The predicted molar refractivity (Wildman–Crippen MR) is 60.8 cm³/mol. The van der Waals surface area contributed by atoms with E-state index in [1.165, 1.54) is 12.1 Å². The number of nitrogens with one attached hydrogen (secondary N) is 1. The van der Waals surface area contributed by atoms with Crippen LogP contribution in [0.2, 0.25) is 5.02 Å². The van der Waals surface area contributed by atoms with Gasteiger partial charge in [0.15, 0.2) is 6.61 Å². The molecule has 3 nitrogen and oxygen atoms in total. The third-order valence-corrected chi connectivity index (χ3v) is 2.77. The van der Waals surface area contributed by atoms with Crippen LogP contribution in [0.5, 0.6) is 0 Å². The van der Waals surface area contributed by atoms with E-state index in [0.29, 0.717) is 0 Å². The van der Waals surface area contributed by atoms with E-state index in [1.807, 2.05) is 5.32 Å². The molecule has 0 spiro atoms. The molecule has 0 aromatic heterocycles. The number of carbonyl (C=O) groups is 1. The lowest BCUT2D eigenvalue weighted by atomic mass is 10.00. The summed E-state index contributed by atoms with van der Waals surface area (Å²) < 4.78 is 44.4. The Morgan fingerprint density at radius 3 is 2.78 bits per heavy atom. The Labute approximate surface area is 112 Å². The van der Waals surface area contributed by atoms with E-state index in [-0.39, 0.29) is 18.0 Å². The van der Waals surface area contributed by atoms with Gasteiger partial charge in [-0.25, -0.2) is 18.0 Å². The van der Waals surface area contributed by atoms with Crippen molar-refractivity contribution in [3.8, 4) is 0 Å². The predicted octanol–water partition coefficient (Wildman–Crippen LogP) is 3.32. The van der Waals surface area contributed by atoms with Crippen LogP contribution in [0.15, 0.2) is 18.2 Å². The van der Waals surface area contributed by atoms with E-state index in [4.69, 9.17) is 11.6 Å². The minimum atomic E-state index is -3.34. The number of cyclic esters (lactones) is 1. The van der Waals surface area contributed by atoms with Gasteiger partial charge in [0.25, 0.3) is 0 Å². The van der Waals surface area contributed by atoms with E-state index in [2.05, 4.69) is 4.74 Å². The zero-order chi connectivity index (χ0) is 12.6. The van der Waals surface area contributed by atoms with Gasteiger partial charge in [0.1, 0.15) is 11.9 Å². The van der Waals surface area contributed by atoms with Crippen LogP contribution in [0, 0.1) is 5.82 Å². The Morgan fingerprint density at radius 2 is 2.11 bits per heavy atom. The highest BCUT2D eigenvalue weighted by atomic mass is 35.5. The van der Waals surface area contributed by atoms with Gasteiger partial charge in [-0.3, -0.25) is 0 Å². The van der Waals surface area contributed by atoms with Gasteiger partial charge in [-0.05, 0) is 6.07 Å². The largest absolute Gasteiger partial charge is 0.443 e. The molecule has 1 N–H and O–H groups in total. The molecular formula is C10H8Cl2F3NO2. The van der Waals surface area contributed by atoms with Crippen molar-refractivity contribution in [3.63, 3.8) is 0 Å². The number of ether oxygens (including phenoxy) is 1. The smallest absolute Gasteiger partial charge is 0.408 e. The van der Waals surface area contributed by atoms with E-state index in [0.717, 1.165) is 6.07 Å². The highest BCUT2D eigenvalue weighted by Gasteiger charge is 2.47. The van der Waals surface area contributed by atoms with Gasteiger partial charge in [-0.15, -0.1) is 12.4 Å². The molecule has 1 aliphatic heterocycles. The van der Waals surface area contributed by atoms with E-state index in [1.54, 1.807) is 0 Å². The molecule has 8 heteroatoms. The summed E-state index contributed by atoms with van der Waals surface area (Å²) in [6, 6.07) is 1.83. The molecule has 2 rings (SSSR count). The summed E-state index contributed by atoms with van der Waals surface area (Å²) in [6.07, 6.45) is -0.985. The molecule has 0 aliphatic carbocycles. The highest BCUT2D eigenvalue weighted by molar-refractivity contribution is 6.31. The number of halogens is 5. The SMILES string of the molecule is Cl.O=C1N[C@H](c2cccc(F)c2Cl)C(F)(F)CO1. The summed E-state index contributed by atoms with van der Waals surface area (Å²) in [4.78, 5) is 10.9. The third kappa shape index (κ3) is 2.64. The van der Waals surface area contributed by atoms with Gasteiger partial charge in [0.05, 0.1) is 5.02 Å². The molecule has 0 saturated carbocycles. The van der Waals surface area contributed by atoms with Gasteiger partial charge in [-0.1, -0.05) is 23.7 Å². The number of rotatable bonds is 1. The molecule has 1 fully saturated rings. The third-order valence-electron chi connectivity index (χ3n) is 2.37. The first-order chi connectivity index (χ1) is 7.92. The normalized spacial score (nSPS) is 21.6. The number of alkyl halides is 2. The Kier molecular flexibility index (Phi) is 4.34. The van der Waals surface area contributed by atoms with E-state index < -0.39 is 35.5 Å². The molecule has 1 saturated heterocycles. The van der Waals surface area contributed by atoms with Crippen molar-refractivity contribution >= 4 is 30.1 Å². The van der Waals surface area contributed by atoms with E-state index in [9.17, 15) is 18.0 Å². The summed E-state index contributed by atoms with van der Waals surface area (Å²) in [5.74, 6) is -4.16. The first-order valence-electron chi connectivity index (χ1n) is 4.67. The van der Waals surface area contributed by atoms with Crippen LogP contribution in [0.4, 0.5) is 18.0 Å². The Balaban J connectivity index is 0.00000162. The summed E-state index contributed by atoms with van der Waals surface area (Å²) in [6.45, 7) is -1.06. The standard InChI is InChI=1S/C10H7ClF3NO2.ClH/c11-7-5(2-1-3-6(7)12)8-10(13,14)4-17-9(16)15-8;/h1-3,8H,4H2,(H,15,16);1H/t8-;/m1./s1. The maximum Gasteiger partial charge on any atom is 0.408 e. The fourth-order valence-corrected chi connectivity index (χ4v) is 1.79. The van der Waals surface area contributed by atoms with E-state index >= 15 is 0 Å². The lowest BCUT2D eigenvalue weighted by Gasteiger charge is -2.32. The highest BCUT2D eigenvalue weighted by Crippen LogP contribution is 2.38. The Bertz CT molecular complexity index is 470. The van der Waals surface area contributed by atoms with Crippen molar-refractivity contribution in [2.75, 3.05) is 6.61 Å². The second-order valence-electron chi connectivity index (χ2n) is 3.56. The molecule has 0 bridgehead atoms. The quantitative estimate of drug-likeness (QED) is 0.864. The van der Waals surface area contributed by atoms with Gasteiger partial charge >= 0.3 is 12.0 Å². The summed E-state index contributed by atoms with van der Waals surface area (Å²) in [7, 11) is 0. The van der Waals surface area contributed by atoms with Crippen molar-refractivity contribution in [1.82, 2.24) is 5.32 Å². The molecule has 1 aromatic carbocycles. The number of hydrogen-bond donors (Lipinski definition) is 1. The zero-order valence-corrected chi connectivity index (χ0v) is 10.3. The van der Waals surface area contributed by atoms with Gasteiger partial charge < -0.3 is 10.1 Å². The fraction of sp³-hybridized carbons (Fsp3) is 0.300. The second-order valence-corrected chi connectivity index (χ2v) is 3.94. The lowest BCUT2D eigenvalue weighted by Crippen LogP contribution is -2.49. The van der Waals surface area contributed by atoms with Crippen LogP contribution in [-0.2, 0) is 4.74 Å². The first-order valence-corrected chi connectivity index (χ1v) is 5.04. The number of hydrogen-bond acceptors (Lipinski definition) is 2. The van der Waals surface area contributed by atoms with Crippen LogP contribution in [0.1, 0.15) is 11.6 Å². The number of amides is 1. The number of alkyl carbamates (subject to hydrolysis) is 1. The Morgan fingerprint density at radius 1 is 1.44 bits per heavy atom. The van der Waals surface area contributed by atoms with Crippen LogP contribution < -0.4 is 5.32 Å². The molecule has 1 aromatic rings. The molecule has 18 heavy (non-hydrogen) atoms. The van der Waals surface area contributed by atoms with Crippen molar-refractivity contribution in [3.05, 3.63) is 34.6 Å². The first kappa shape index (κ1) is 14.9. The van der Waals surface area contributed by atoms with Crippen molar-refractivity contribution in [1.29, 1.82) is 0 Å². The van der Waals surface area contributed by atoms with Crippen LogP contribution >= 0.6 is 24.0 Å². The van der Waals surface area contributed by atoms with Crippen LogP contribution in [0.3, 0.4) is 0 Å². The number of benzene rings is 1. The summed E-state index contributed by atoms with van der Waals surface area (Å²) in [5, 5.41) is 1.50.